The molecular weight excluding hydrogens is 456 g/mol. The molecule has 3 aromatic rings. The second kappa shape index (κ2) is 9.88. The van der Waals surface area contributed by atoms with Crippen LogP contribution in [0.1, 0.15) is 16.1 Å². The maximum Gasteiger partial charge on any atom is 0.338 e. The zero-order valence-corrected chi connectivity index (χ0v) is 19.0. The minimum absolute atomic E-state index is 0.00653. The van der Waals surface area contributed by atoms with Crippen LogP contribution >= 0.6 is 11.6 Å². The number of sulfonamides is 1. The summed E-state index contributed by atoms with van der Waals surface area (Å²) in [7, 11) is -1.02. The van der Waals surface area contributed by atoms with Crippen molar-refractivity contribution >= 4 is 39.2 Å². The van der Waals surface area contributed by atoms with Crippen molar-refractivity contribution in [3.8, 4) is 0 Å². The van der Waals surface area contributed by atoms with Crippen molar-refractivity contribution in [3.05, 3.63) is 83.3 Å². The van der Waals surface area contributed by atoms with Crippen molar-refractivity contribution in [2.75, 3.05) is 25.0 Å². The number of hydrogen-bond acceptors (Lipinski definition) is 6. The van der Waals surface area contributed by atoms with Gasteiger partial charge in [0, 0.05) is 19.1 Å². The predicted octanol–water partition coefficient (Wildman–Crippen LogP) is 3.57. The molecule has 0 spiro atoms. The van der Waals surface area contributed by atoms with Gasteiger partial charge in [0.15, 0.2) is 6.61 Å². The van der Waals surface area contributed by atoms with Gasteiger partial charge in [-0.05, 0) is 48.5 Å². The highest BCUT2D eigenvalue weighted by Gasteiger charge is 2.23. The number of nitrogens with zero attached hydrogens (tertiary/aromatic N) is 2. The van der Waals surface area contributed by atoms with E-state index in [9.17, 15) is 18.0 Å². The lowest BCUT2D eigenvalue weighted by Crippen LogP contribution is -2.30. The maximum atomic E-state index is 13.0. The molecule has 10 heteroatoms. The Hall–Kier alpha value is -3.30. The third kappa shape index (κ3) is 5.49. The molecule has 32 heavy (non-hydrogen) atoms. The summed E-state index contributed by atoms with van der Waals surface area (Å²) in [5.74, 6) is -0.652. The largest absolute Gasteiger partial charge is 0.467 e. The molecule has 2 aromatic carbocycles. The number of carbonyl (C=O) groups excluding carboxylic acids is 2. The summed E-state index contributed by atoms with van der Waals surface area (Å²) in [4.78, 5) is 25.9. The normalized spacial score (nSPS) is 11.1. The number of carbonyl (C=O) groups is 2. The summed E-state index contributed by atoms with van der Waals surface area (Å²) in [6.07, 6.45) is 1.50. The van der Waals surface area contributed by atoms with Gasteiger partial charge in [0.1, 0.15) is 5.76 Å². The molecule has 0 atom stereocenters. The first kappa shape index (κ1) is 23.4. The summed E-state index contributed by atoms with van der Waals surface area (Å²) in [6, 6.07) is 15.2. The molecule has 0 saturated heterocycles. The van der Waals surface area contributed by atoms with Gasteiger partial charge in [-0.3, -0.25) is 9.10 Å². The minimum atomic E-state index is -3.96. The number of furan rings is 1. The van der Waals surface area contributed by atoms with Crippen molar-refractivity contribution in [1.29, 1.82) is 0 Å². The average molecular weight is 477 g/mol. The van der Waals surface area contributed by atoms with Gasteiger partial charge >= 0.3 is 5.97 Å². The summed E-state index contributed by atoms with van der Waals surface area (Å²) in [5.41, 5.74) is 0.378. The van der Waals surface area contributed by atoms with Gasteiger partial charge < -0.3 is 14.1 Å². The van der Waals surface area contributed by atoms with E-state index in [-0.39, 0.29) is 17.0 Å². The molecule has 3 rings (SSSR count). The fourth-order valence-electron chi connectivity index (χ4n) is 2.80. The van der Waals surface area contributed by atoms with Crippen LogP contribution in [-0.4, -0.2) is 45.9 Å². The van der Waals surface area contributed by atoms with Crippen molar-refractivity contribution in [1.82, 2.24) is 4.90 Å². The van der Waals surface area contributed by atoms with Crippen molar-refractivity contribution in [3.63, 3.8) is 0 Å². The monoisotopic (exact) mass is 476 g/mol. The lowest BCUT2D eigenvalue weighted by Gasteiger charge is -2.20. The van der Waals surface area contributed by atoms with Crippen LogP contribution in [0.3, 0.4) is 0 Å². The Labute approximate surface area is 191 Å². The lowest BCUT2D eigenvalue weighted by molar-refractivity contribution is -0.133. The summed E-state index contributed by atoms with van der Waals surface area (Å²) < 4.78 is 37.3. The van der Waals surface area contributed by atoms with Crippen LogP contribution < -0.4 is 4.31 Å². The lowest BCUT2D eigenvalue weighted by atomic mass is 10.2. The number of benzene rings is 2. The minimum Gasteiger partial charge on any atom is -0.467 e. The molecule has 0 N–H and O–H groups in total. The van der Waals surface area contributed by atoms with E-state index in [4.69, 9.17) is 20.8 Å². The molecule has 0 aliphatic heterocycles. The molecule has 0 aliphatic rings. The molecular formula is C22H21ClN2O6S. The maximum absolute atomic E-state index is 13.0. The quantitative estimate of drug-likeness (QED) is 0.461. The Bertz CT molecular complexity index is 1210. The highest BCUT2D eigenvalue weighted by molar-refractivity contribution is 7.92. The molecule has 1 heterocycles. The average Bonchev–Trinajstić information content (AvgIpc) is 3.29. The van der Waals surface area contributed by atoms with Crippen LogP contribution in [0.2, 0.25) is 5.02 Å². The van der Waals surface area contributed by atoms with Crippen molar-refractivity contribution in [2.45, 2.75) is 11.4 Å². The molecule has 168 valence electrons. The van der Waals surface area contributed by atoms with E-state index in [0.717, 1.165) is 4.31 Å². The summed E-state index contributed by atoms with van der Waals surface area (Å²) >= 11 is 5.95. The molecule has 0 radical (unpaired) electrons. The highest BCUT2D eigenvalue weighted by Crippen LogP contribution is 2.25. The molecule has 0 fully saturated rings. The van der Waals surface area contributed by atoms with Gasteiger partial charge in [-0.15, -0.1) is 0 Å². The van der Waals surface area contributed by atoms with E-state index < -0.39 is 28.5 Å². The first-order chi connectivity index (χ1) is 15.2. The van der Waals surface area contributed by atoms with Crippen LogP contribution in [0.15, 0.2) is 76.2 Å². The molecule has 0 bridgehead atoms. The van der Waals surface area contributed by atoms with Crippen LogP contribution in [0.4, 0.5) is 5.69 Å². The molecule has 8 nitrogen and oxygen atoms in total. The van der Waals surface area contributed by atoms with Gasteiger partial charge in [0.2, 0.25) is 0 Å². The second-order valence-electron chi connectivity index (χ2n) is 6.89. The highest BCUT2D eigenvalue weighted by atomic mass is 35.5. The van der Waals surface area contributed by atoms with Gasteiger partial charge in [0.05, 0.1) is 29.0 Å². The van der Waals surface area contributed by atoms with E-state index in [1.54, 1.807) is 37.4 Å². The van der Waals surface area contributed by atoms with Crippen LogP contribution in [-0.2, 0) is 26.1 Å². The third-order valence-electron chi connectivity index (χ3n) is 4.63. The number of likely N-dealkylation sites (N-methyl/N-ethyl adjacent to an activating group) is 1. The Morgan fingerprint density at radius 1 is 1.03 bits per heavy atom. The number of hydrogen-bond donors (Lipinski definition) is 0. The first-order valence-electron chi connectivity index (χ1n) is 9.46. The zero-order chi connectivity index (χ0) is 23.3. The first-order valence-corrected chi connectivity index (χ1v) is 11.3. The SMILES string of the molecule is CN(Cc1ccco1)C(=O)COC(=O)c1cccc(S(=O)(=O)N(C)c2cccc(Cl)c2)c1. The van der Waals surface area contributed by atoms with Gasteiger partial charge in [-0.1, -0.05) is 23.7 Å². The fraction of sp³-hybridized carbons (Fsp3) is 0.182. The van der Waals surface area contributed by atoms with Crippen LogP contribution in [0.5, 0.6) is 0 Å². The Morgan fingerprint density at radius 3 is 2.47 bits per heavy atom. The number of rotatable bonds is 8. The predicted molar refractivity (Wildman–Crippen MR) is 119 cm³/mol. The number of ether oxygens (including phenoxy) is 1. The molecule has 0 unspecified atom stereocenters. The van der Waals surface area contributed by atoms with E-state index in [0.29, 0.717) is 16.5 Å². The van der Waals surface area contributed by atoms with Crippen LogP contribution in [0.25, 0.3) is 0 Å². The van der Waals surface area contributed by atoms with Gasteiger partial charge in [-0.2, -0.15) is 0 Å². The van der Waals surface area contributed by atoms with Gasteiger partial charge in [-0.25, -0.2) is 13.2 Å². The standard InChI is InChI=1S/C22H21ClN2O6S/c1-24(14-19-9-5-11-30-19)21(26)15-31-22(27)16-6-3-10-20(12-16)32(28,29)25(2)18-8-4-7-17(23)13-18/h3-13H,14-15H2,1-2H3. The smallest absolute Gasteiger partial charge is 0.338 e. The topological polar surface area (TPSA) is 97.1 Å². The van der Waals surface area contributed by atoms with Crippen molar-refractivity contribution in [2.24, 2.45) is 0 Å². The Morgan fingerprint density at radius 2 is 1.78 bits per heavy atom. The Kier molecular flexibility index (Phi) is 7.22. The van der Waals surface area contributed by atoms with E-state index in [1.165, 1.54) is 48.5 Å². The molecule has 0 saturated carbocycles. The second-order valence-corrected chi connectivity index (χ2v) is 9.29. The Balaban J connectivity index is 1.68. The third-order valence-corrected chi connectivity index (χ3v) is 6.64. The zero-order valence-electron chi connectivity index (χ0n) is 17.4. The number of anilines is 1. The van der Waals surface area contributed by atoms with E-state index >= 15 is 0 Å². The summed E-state index contributed by atoms with van der Waals surface area (Å²) in [5, 5.41) is 0.392. The molecule has 1 aromatic heterocycles. The number of halogens is 1. The number of esters is 1. The molecule has 0 aliphatic carbocycles. The fourth-order valence-corrected chi connectivity index (χ4v) is 4.22. The van der Waals surface area contributed by atoms with Crippen molar-refractivity contribution < 1.29 is 27.2 Å². The van der Waals surface area contributed by atoms with E-state index in [2.05, 4.69) is 0 Å². The number of amides is 1. The van der Waals surface area contributed by atoms with Crippen LogP contribution in [0, 0.1) is 0 Å². The summed E-state index contributed by atoms with van der Waals surface area (Å²) in [6.45, 7) is -0.262. The molecule has 1 amide bonds. The van der Waals surface area contributed by atoms with E-state index in [1.807, 2.05) is 0 Å². The van der Waals surface area contributed by atoms with Gasteiger partial charge in [0.25, 0.3) is 15.9 Å².